The van der Waals surface area contributed by atoms with E-state index < -0.39 is 5.41 Å². The van der Waals surface area contributed by atoms with Crippen LogP contribution in [0.2, 0.25) is 0 Å². The minimum Gasteiger partial charge on any atom is -0.309 e. The Morgan fingerprint density at radius 1 is 0.286 bits per heavy atom. The number of nitrogens with zero attached hydrogens (tertiary/aromatic N) is 2. The second-order valence-corrected chi connectivity index (χ2v) is 16.8. The minimum atomic E-state index is -0.499. The van der Waals surface area contributed by atoms with Gasteiger partial charge in [-0.3, -0.25) is 0 Å². The van der Waals surface area contributed by atoms with Crippen LogP contribution in [0.5, 0.6) is 0 Å². The van der Waals surface area contributed by atoms with Gasteiger partial charge >= 0.3 is 0 Å². The van der Waals surface area contributed by atoms with Gasteiger partial charge in [0, 0.05) is 38.5 Å². The summed E-state index contributed by atoms with van der Waals surface area (Å²) in [5.41, 5.74) is 19.2. The molecular weight excluding hydrogens is 761 g/mol. The highest BCUT2D eigenvalue weighted by Crippen LogP contribution is 2.58. The quantitative estimate of drug-likeness (QED) is 0.159. The molecule has 0 saturated heterocycles. The van der Waals surface area contributed by atoms with E-state index >= 15 is 0 Å². The summed E-state index contributed by atoms with van der Waals surface area (Å²) in [5.74, 6) is 0. The monoisotopic (exact) mass is 800 g/mol. The Kier molecular flexibility index (Phi) is 7.85. The fourth-order valence-corrected chi connectivity index (χ4v) is 10.9. The van der Waals surface area contributed by atoms with Crippen molar-refractivity contribution in [2.75, 3.05) is 0 Å². The van der Waals surface area contributed by atoms with Gasteiger partial charge in [0.2, 0.25) is 0 Å². The average Bonchev–Trinajstić information content (AvgIpc) is 3.99. The summed E-state index contributed by atoms with van der Waals surface area (Å²) in [6, 6.07) is 89.5. The van der Waals surface area contributed by atoms with Crippen LogP contribution >= 0.6 is 0 Å². The summed E-state index contributed by atoms with van der Waals surface area (Å²) < 4.78 is 4.92. The Morgan fingerprint density at radius 3 is 1.46 bits per heavy atom. The zero-order valence-corrected chi connectivity index (χ0v) is 34.5. The third-order valence-corrected chi connectivity index (χ3v) is 13.6. The summed E-state index contributed by atoms with van der Waals surface area (Å²) in [6.45, 7) is 0. The molecule has 0 unspecified atom stereocenters. The van der Waals surface area contributed by atoms with Gasteiger partial charge in [-0.05, 0) is 105 Å². The van der Waals surface area contributed by atoms with E-state index in [9.17, 15) is 0 Å². The Balaban J connectivity index is 1.09. The highest BCUT2D eigenvalue weighted by atomic mass is 15.0. The lowest BCUT2D eigenvalue weighted by molar-refractivity contribution is 0.769. The van der Waals surface area contributed by atoms with Gasteiger partial charge in [0.25, 0.3) is 0 Å². The van der Waals surface area contributed by atoms with E-state index in [2.05, 4.69) is 252 Å². The largest absolute Gasteiger partial charge is 0.309 e. The molecule has 63 heavy (non-hydrogen) atoms. The topological polar surface area (TPSA) is 9.86 Å². The first kappa shape index (κ1) is 35.5. The first-order valence-electron chi connectivity index (χ1n) is 21.8. The standard InChI is InChI=1S/C61H40N2/c1-5-17-41(18-6-1)42-29-33-48(34-30-42)63-58-38-32-44(43-31-37-57-52(39-43)49-25-14-16-28-56(49)62(57)47-23-11-4-12-24-47)40-53(58)50-35-36-55-59(60(50)63)51-26-13-15-27-54(51)61(55,45-19-7-2-8-20-45)46-21-9-3-10-22-46/h1-40H. The summed E-state index contributed by atoms with van der Waals surface area (Å²) in [6.07, 6.45) is 0. The molecule has 2 nitrogen and oxygen atoms in total. The van der Waals surface area contributed by atoms with Gasteiger partial charge in [-0.1, -0.05) is 188 Å². The number of para-hydroxylation sites is 2. The molecule has 0 amide bonds. The number of benzene rings is 10. The Morgan fingerprint density at radius 2 is 0.778 bits per heavy atom. The van der Waals surface area contributed by atoms with E-state index in [1.807, 2.05) is 0 Å². The van der Waals surface area contributed by atoms with E-state index in [0.717, 1.165) is 5.69 Å². The number of hydrogen-bond acceptors (Lipinski definition) is 0. The second kappa shape index (κ2) is 13.9. The molecule has 0 atom stereocenters. The van der Waals surface area contributed by atoms with Crippen LogP contribution in [0.4, 0.5) is 0 Å². The van der Waals surface area contributed by atoms with Crippen molar-refractivity contribution in [1.82, 2.24) is 9.13 Å². The Hall–Kier alpha value is -8.20. The molecule has 0 radical (unpaired) electrons. The second-order valence-electron chi connectivity index (χ2n) is 16.8. The third-order valence-electron chi connectivity index (χ3n) is 13.6. The van der Waals surface area contributed by atoms with E-state index in [1.54, 1.807) is 0 Å². The van der Waals surface area contributed by atoms with Crippen molar-refractivity contribution in [2.24, 2.45) is 0 Å². The molecule has 0 saturated carbocycles. The molecule has 2 heteroatoms. The lowest BCUT2D eigenvalue weighted by atomic mass is 9.67. The molecule has 0 N–H and O–H groups in total. The lowest BCUT2D eigenvalue weighted by Crippen LogP contribution is -2.28. The predicted octanol–water partition coefficient (Wildman–Crippen LogP) is 15.6. The molecule has 12 aromatic rings. The maximum absolute atomic E-state index is 2.53. The normalized spacial score (nSPS) is 12.9. The first-order valence-corrected chi connectivity index (χ1v) is 21.8. The van der Waals surface area contributed by atoms with Gasteiger partial charge in [0.05, 0.1) is 27.5 Å². The molecule has 0 aliphatic heterocycles. The molecule has 10 aromatic carbocycles. The van der Waals surface area contributed by atoms with Crippen LogP contribution in [0.15, 0.2) is 243 Å². The minimum absolute atomic E-state index is 0.499. The van der Waals surface area contributed by atoms with Gasteiger partial charge in [0.1, 0.15) is 0 Å². The summed E-state index contributed by atoms with van der Waals surface area (Å²) in [5, 5.41) is 4.98. The molecule has 2 heterocycles. The van der Waals surface area contributed by atoms with Crippen molar-refractivity contribution in [2.45, 2.75) is 5.41 Å². The average molecular weight is 801 g/mol. The van der Waals surface area contributed by atoms with Crippen LogP contribution in [0.25, 0.3) is 88.4 Å². The maximum Gasteiger partial charge on any atom is 0.0714 e. The summed E-state index contributed by atoms with van der Waals surface area (Å²) >= 11 is 0. The van der Waals surface area contributed by atoms with E-state index in [4.69, 9.17) is 0 Å². The van der Waals surface area contributed by atoms with Crippen LogP contribution in [0.1, 0.15) is 22.3 Å². The zero-order valence-electron chi connectivity index (χ0n) is 34.5. The first-order chi connectivity index (χ1) is 31.3. The smallest absolute Gasteiger partial charge is 0.0714 e. The molecule has 2 aromatic heterocycles. The fraction of sp³-hybridized carbons (Fsp3) is 0.0164. The summed E-state index contributed by atoms with van der Waals surface area (Å²) in [7, 11) is 0. The van der Waals surface area contributed by atoms with Crippen LogP contribution in [-0.4, -0.2) is 9.13 Å². The van der Waals surface area contributed by atoms with Crippen molar-refractivity contribution < 1.29 is 0 Å². The van der Waals surface area contributed by atoms with E-state index in [1.165, 1.54) is 105 Å². The maximum atomic E-state index is 2.53. The number of rotatable bonds is 6. The zero-order chi connectivity index (χ0) is 41.5. The molecule has 294 valence electrons. The van der Waals surface area contributed by atoms with Gasteiger partial charge in [-0.25, -0.2) is 0 Å². The van der Waals surface area contributed by atoms with Crippen molar-refractivity contribution in [3.8, 4) is 44.8 Å². The van der Waals surface area contributed by atoms with Crippen LogP contribution in [0.3, 0.4) is 0 Å². The number of aromatic nitrogens is 2. The molecule has 0 spiro atoms. The highest BCUT2D eigenvalue weighted by molar-refractivity contribution is 6.17. The highest BCUT2D eigenvalue weighted by Gasteiger charge is 2.47. The Bertz CT molecular complexity index is 3650. The van der Waals surface area contributed by atoms with Crippen LogP contribution in [0, 0.1) is 0 Å². The van der Waals surface area contributed by atoms with Crippen molar-refractivity contribution in [1.29, 1.82) is 0 Å². The lowest BCUT2D eigenvalue weighted by Gasteiger charge is -2.33. The Labute approximate surface area is 366 Å². The van der Waals surface area contributed by atoms with Gasteiger partial charge in [-0.15, -0.1) is 0 Å². The van der Waals surface area contributed by atoms with Gasteiger partial charge in [-0.2, -0.15) is 0 Å². The molecular formula is C61H40N2. The molecule has 13 rings (SSSR count). The number of hydrogen-bond donors (Lipinski definition) is 0. The third kappa shape index (κ3) is 5.19. The molecule has 0 fully saturated rings. The molecule has 1 aliphatic rings. The summed E-state index contributed by atoms with van der Waals surface area (Å²) in [4.78, 5) is 0. The SMILES string of the molecule is c1ccc(-c2ccc(-n3c4ccc(-c5ccc6c(c5)c5ccccc5n6-c5ccccc5)cc4c4ccc5c(c43)-c3ccccc3C5(c3ccccc3)c3ccccc3)cc2)cc1. The van der Waals surface area contributed by atoms with Crippen LogP contribution in [-0.2, 0) is 5.41 Å². The molecule has 1 aliphatic carbocycles. The van der Waals surface area contributed by atoms with Crippen molar-refractivity contribution in [3.63, 3.8) is 0 Å². The predicted molar refractivity (Wildman–Crippen MR) is 263 cm³/mol. The van der Waals surface area contributed by atoms with Crippen molar-refractivity contribution >= 4 is 43.6 Å². The number of fused-ring (bicyclic) bond motifs is 10. The van der Waals surface area contributed by atoms with Crippen LogP contribution < -0.4 is 0 Å². The van der Waals surface area contributed by atoms with Gasteiger partial charge < -0.3 is 9.13 Å². The molecule has 0 bridgehead atoms. The van der Waals surface area contributed by atoms with Gasteiger partial charge in [0.15, 0.2) is 0 Å². The van der Waals surface area contributed by atoms with E-state index in [-0.39, 0.29) is 0 Å². The fourth-order valence-electron chi connectivity index (χ4n) is 10.9. The van der Waals surface area contributed by atoms with Crippen molar-refractivity contribution in [3.05, 3.63) is 265 Å². The van der Waals surface area contributed by atoms with E-state index in [0.29, 0.717) is 0 Å².